The Hall–Kier alpha value is -2.34. The maximum absolute atomic E-state index is 11.1. The fourth-order valence-corrected chi connectivity index (χ4v) is 2.84. The lowest BCUT2D eigenvalue weighted by molar-refractivity contribution is -0.118. The molecule has 23 heavy (non-hydrogen) atoms. The number of aromatic nitrogens is 2. The molecule has 2 heterocycles. The Morgan fingerprint density at radius 3 is 2.65 bits per heavy atom. The largest absolute Gasteiger partial charge is 0.490 e. The minimum absolute atomic E-state index is 0.128. The minimum atomic E-state index is -0.383. The zero-order valence-electron chi connectivity index (χ0n) is 13.3. The summed E-state index contributed by atoms with van der Waals surface area (Å²) in [4.78, 5) is 17.7. The average Bonchev–Trinajstić information content (AvgIpc) is 2.98. The Morgan fingerprint density at radius 2 is 2.00 bits per heavy atom. The quantitative estimate of drug-likeness (QED) is 0.908. The zero-order valence-corrected chi connectivity index (χ0v) is 13.3. The molecule has 1 amide bonds. The van der Waals surface area contributed by atoms with Gasteiger partial charge in [-0.2, -0.15) is 0 Å². The van der Waals surface area contributed by atoms with Gasteiger partial charge in [0.2, 0.25) is 5.91 Å². The molecular formula is C17H22N4O2. The fourth-order valence-electron chi connectivity index (χ4n) is 2.84. The van der Waals surface area contributed by atoms with Crippen molar-refractivity contribution in [1.82, 2.24) is 14.5 Å². The van der Waals surface area contributed by atoms with Crippen LogP contribution in [0.1, 0.15) is 12.8 Å². The number of hydrogen-bond donors (Lipinski definition) is 1. The van der Waals surface area contributed by atoms with E-state index in [0.717, 1.165) is 43.1 Å². The summed E-state index contributed by atoms with van der Waals surface area (Å²) in [6.07, 6.45) is 5.82. The second-order valence-electron chi connectivity index (χ2n) is 5.99. The molecule has 2 aromatic rings. The lowest BCUT2D eigenvalue weighted by atomic mass is 10.1. The number of hydrogen-bond acceptors (Lipinski definition) is 4. The van der Waals surface area contributed by atoms with E-state index in [0.29, 0.717) is 0 Å². The lowest BCUT2D eigenvalue weighted by Gasteiger charge is -2.29. The third-order valence-corrected chi connectivity index (χ3v) is 4.12. The van der Waals surface area contributed by atoms with Crippen LogP contribution in [0, 0.1) is 0 Å². The first-order valence-electron chi connectivity index (χ1n) is 7.87. The Balaban J connectivity index is 1.67. The summed E-state index contributed by atoms with van der Waals surface area (Å²) in [5, 5.41) is 0. The van der Waals surface area contributed by atoms with Gasteiger partial charge in [-0.3, -0.25) is 4.79 Å². The average molecular weight is 314 g/mol. The van der Waals surface area contributed by atoms with E-state index in [4.69, 9.17) is 10.5 Å². The van der Waals surface area contributed by atoms with Gasteiger partial charge in [0, 0.05) is 31.0 Å². The molecule has 0 radical (unpaired) electrons. The fraction of sp³-hybridized carbons (Fsp3) is 0.412. The molecule has 2 N–H and O–H groups in total. The van der Waals surface area contributed by atoms with E-state index in [1.807, 2.05) is 24.3 Å². The molecule has 122 valence electrons. The Bertz CT molecular complexity index is 657. The number of carbonyl (C=O) groups excluding carboxylic acids is 1. The zero-order chi connectivity index (χ0) is 16.2. The predicted octanol–water partition coefficient (Wildman–Crippen LogP) is 1.51. The number of amides is 1. The highest BCUT2D eigenvalue weighted by atomic mass is 16.5. The normalized spacial score (nSPS) is 16.4. The van der Waals surface area contributed by atoms with Crippen molar-refractivity contribution in [2.24, 2.45) is 5.73 Å². The number of carbonyl (C=O) groups is 1. The molecule has 0 saturated carbocycles. The van der Waals surface area contributed by atoms with Crippen LogP contribution in [0.5, 0.6) is 5.75 Å². The smallest absolute Gasteiger partial charge is 0.237 e. The molecule has 1 aliphatic rings. The number of ether oxygens (including phenoxy) is 1. The van der Waals surface area contributed by atoms with Gasteiger partial charge in [0.05, 0.1) is 0 Å². The van der Waals surface area contributed by atoms with Gasteiger partial charge in [-0.25, -0.2) is 4.98 Å². The summed E-state index contributed by atoms with van der Waals surface area (Å²) >= 11 is 0. The number of nitrogens with two attached hydrogens (primary N) is 1. The van der Waals surface area contributed by atoms with Crippen molar-refractivity contribution in [1.29, 1.82) is 0 Å². The van der Waals surface area contributed by atoms with Gasteiger partial charge in [-0.1, -0.05) is 0 Å². The summed E-state index contributed by atoms with van der Waals surface area (Å²) in [6.45, 7) is 2.28. The third kappa shape index (κ3) is 3.90. The molecule has 0 spiro atoms. The molecule has 1 aromatic heterocycles. The third-order valence-electron chi connectivity index (χ3n) is 4.12. The Morgan fingerprint density at radius 1 is 1.30 bits per heavy atom. The van der Waals surface area contributed by atoms with E-state index in [-0.39, 0.29) is 18.6 Å². The van der Waals surface area contributed by atoms with Crippen molar-refractivity contribution >= 4 is 5.91 Å². The van der Waals surface area contributed by atoms with E-state index in [1.54, 1.807) is 17.0 Å². The summed E-state index contributed by atoms with van der Waals surface area (Å²) in [5.74, 6) is 1.22. The van der Waals surface area contributed by atoms with Crippen molar-refractivity contribution in [3.8, 4) is 17.1 Å². The molecule has 0 atom stereocenters. The van der Waals surface area contributed by atoms with E-state index in [9.17, 15) is 4.79 Å². The number of benzene rings is 1. The number of piperidine rings is 1. The molecule has 0 unspecified atom stereocenters. The van der Waals surface area contributed by atoms with Crippen LogP contribution in [-0.2, 0) is 11.3 Å². The lowest BCUT2D eigenvalue weighted by Crippen LogP contribution is -2.35. The summed E-state index contributed by atoms with van der Waals surface area (Å²) in [7, 11) is 2.14. The van der Waals surface area contributed by atoms with E-state index >= 15 is 0 Å². The van der Waals surface area contributed by atoms with Crippen molar-refractivity contribution in [3.63, 3.8) is 0 Å². The summed E-state index contributed by atoms with van der Waals surface area (Å²) in [5.41, 5.74) is 6.19. The maximum Gasteiger partial charge on any atom is 0.237 e. The molecule has 6 nitrogen and oxygen atoms in total. The van der Waals surface area contributed by atoms with E-state index in [2.05, 4.69) is 16.9 Å². The maximum atomic E-state index is 11.1. The molecule has 0 aliphatic carbocycles. The van der Waals surface area contributed by atoms with E-state index in [1.165, 1.54) is 0 Å². The second kappa shape index (κ2) is 6.83. The van der Waals surface area contributed by atoms with Crippen molar-refractivity contribution in [3.05, 3.63) is 36.7 Å². The number of likely N-dealkylation sites (tertiary alicyclic amines) is 1. The molecule has 6 heteroatoms. The molecular weight excluding hydrogens is 292 g/mol. The van der Waals surface area contributed by atoms with Crippen LogP contribution in [0.15, 0.2) is 36.7 Å². The van der Waals surface area contributed by atoms with E-state index < -0.39 is 0 Å². The topological polar surface area (TPSA) is 73.4 Å². The second-order valence-corrected chi connectivity index (χ2v) is 5.99. The highest BCUT2D eigenvalue weighted by molar-refractivity contribution is 5.74. The van der Waals surface area contributed by atoms with Crippen LogP contribution in [0.4, 0.5) is 0 Å². The van der Waals surface area contributed by atoms with Gasteiger partial charge in [0.25, 0.3) is 0 Å². The monoisotopic (exact) mass is 314 g/mol. The molecule has 1 saturated heterocycles. The van der Waals surface area contributed by atoms with Crippen molar-refractivity contribution in [2.75, 3.05) is 20.1 Å². The van der Waals surface area contributed by atoms with Crippen LogP contribution in [-0.4, -0.2) is 46.6 Å². The van der Waals surface area contributed by atoms with Crippen LogP contribution >= 0.6 is 0 Å². The van der Waals surface area contributed by atoms with Gasteiger partial charge in [-0.05, 0) is 44.2 Å². The summed E-state index contributed by atoms with van der Waals surface area (Å²) in [6, 6.07) is 7.84. The highest BCUT2D eigenvalue weighted by Gasteiger charge is 2.18. The number of primary amides is 1. The first-order valence-corrected chi connectivity index (χ1v) is 7.87. The van der Waals surface area contributed by atoms with Gasteiger partial charge >= 0.3 is 0 Å². The van der Waals surface area contributed by atoms with Gasteiger partial charge < -0.3 is 19.9 Å². The predicted molar refractivity (Wildman–Crippen MR) is 88.0 cm³/mol. The van der Waals surface area contributed by atoms with Crippen molar-refractivity contribution in [2.45, 2.75) is 25.5 Å². The first-order chi connectivity index (χ1) is 11.1. The van der Waals surface area contributed by atoms with Crippen molar-refractivity contribution < 1.29 is 9.53 Å². The van der Waals surface area contributed by atoms with Gasteiger partial charge in [0.1, 0.15) is 24.2 Å². The van der Waals surface area contributed by atoms with Gasteiger partial charge in [0.15, 0.2) is 0 Å². The molecule has 3 rings (SSSR count). The number of nitrogens with zero attached hydrogens (tertiary/aromatic N) is 3. The molecule has 1 aliphatic heterocycles. The SMILES string of the molecule is CN1CCC(Oc2ccc(-c3nccn3CC(N)=O)cc2)CC1. The minimum Gasteiger partial charge on any atom is -0.490 e. The number of rotatable bonds is 5. The van der Waals surface area contributed by atoms with Crippen LogP contribution in [0.3, 0.4) is 0 Å². The molecule has 1 fully saturated rings. The Kier molecular flexibility index (Phi) is 4.62. The Labute approximate surface area is 135 Å². The van der Waals surface area contributed by atoms with Crippen LogP contribution < -0.4 is 10.5 Å². The van der Waals surface area contributed by atoms with Crippen LogP contribution in [0.25, 0.3) is 11.4 Å². The highest BCUT2D eigenvalue weighted by Crippen LogP contribution is 2.23. The standard InChI is InChI=1S/C17H22N4O2/c1-20-9-6-15(7-10-20)23-14-4-2-13(3-5-14)17-19-8-11-21(17)12-16(18)22/h2-5,8,11,15H,6-7,9-10,12H2,1H3,(H2,18,22). The molecule has 1 aromatic carbocycles. The van der Waals surface area contributed by atoms with Crippen LogP contribution in [0.2, 0.25) is 0 Å². The first kappa shape index (κ1) is 15.6. The summed E-state index contributed by atoms with van der Waals surface area (Å²) < 4.78 is 7.79. The number of imidazole rings is 1. The van der Waals surface area contributed by atoms with Gasteiger partial charge in [-0.15, -0.1) is 0 Å². The molecule has 0 bridgehead atoms.